The van der Waals surface area contributed by atoms with Crippen molar-refractivity contribution in [3.05, 3.63) is 23.8 Å². The molecule has 1 aromatic carbocycles. The van der Waals surface area contributed by atoms with Crippen molar-refractivity contribution in [2.75, 3.05) is 14.2 Å². The van der Waals surface area contributed by atoms with Crippen LogP contribution >= 0.6 is 0 Å². The first-order valence-corrected chi connectivity index (χ1v) is 6.41. The lowest BCUT2D eigenvalue weighted by molar-refractivity contribution is 0.0515. The minimum absolute atomic E-state index is 0.487. The molecule has 0 heterocycles. The molecule has 21 heavy (non-hydrogen) atoms. The van der Waals surface area contributed by atoms with Gasteiger partial charge >= 0.3 is 6.09 Å². The van der Waals surface area contributed by atoms with E-state index in [0.29, 0.717) is 17.1 Å². The van der Waals surface area contributed by atoms with Crippen LogP contribution in [0.2, 0.25) is 0 Å². The van der Waals surface area contributed by atoms with E-state index in [2.05, 4.69) is 5.32 Å². The molecule has 0 aromatic heterocycles. The normalized spacial score (nSPS) is 12.0. The molecule has 6 heteroatoms. The Balaban J connectivity index is 2.91. The summed E-state index contributed by atoms with van der Waals surface area (Å²) < 4.78 is 15.4. The van der Waals surface area contributed by atoms with Crippen molar-refractivity contribution in [3.63, 3.8) is 0 Å². The monoisotopic (exact) mass is 292 g/mol. The number of rotatable bonds is 4. The Bertz CT molecular complexity index is 544. The summed E-state index contributed by atoms with van der Waals surface area (Å²) >= 11 is 0. The van der Waals surface area contributed by atoms with Crippen molar-refractivity contribution in [1.82, 2.24) is 5.32 Å². The summed E-state index contributed by atoms with van der Waals surface area (Å²) in [5.74, 6) is 1.04. The Morgan fingerprint density at radius 3 is 2.33 bits per heavy atom. The molecule has 0 saturated carbocycles. The highest BCUT2D eigenvalue weighted by molar-refractivity contribution is 5.69. The Kier molecular flexibility index (Phi) is 5.42. The third-order valence-electron chi connectivity index (χ3n) is 2.53. The predicted molar refractivity (Wildman–Crippen MR) is 77.3 cm³/mol. The van der Waals surface area contributed by atoms with Gasteiger partial charge in [0.05, 0.1) is 20.3 Å². The van der Waals surface area contributed by atoms with Crippen molar-refractivity contribution in [1.29, 1.82) is 5.26 Å². The molecule has 1 rings (SSSR count). The number of carbonyl (C=O) groups excluding carboxylic acids is 1. The Morgan fingerprint density at radius 1 is 1.24 bits per heavy atom. The van der Waals surface area contributed by atoms with Crippen LogP contribution in [0.25, 0.3) is 0 Å². The highest BCUT2D eigenvalue weighted by atomic mass is 16.6. The number of carbonyl (C=O) groups is 1. The van der Waals surface area contributed by atoms with Crippen LogP contribution < -0.4 is 14.8 Å². The highest BCUT2D eigenvalue weighted by Gasteiger charge is 2.21. The minimum Gasteiger partial charge on any atom is -0.493 e. The quantitative estimate of drug-likeness (QED) is 0.923. The first kappa shape index (κ1) is 16.6. The van der Waals surface area contributed by atoms with Gasteiger partial charge in [0.2, 0.25) is 0 Å². The summed E-state index contributed by atoms with van der Waals surface area (Å²) in [6, 6.07) is 6.19. The number of ether oxygens (including phenoxy) is 3. The number of nitrogens with one attached hydrogen (secondary N) is 1. The molecule has 1 aromatic rings. The van der Waals surface area contributed by atoms with E-state index in [1.54, 1.807) is 39.0 Å². The lowest BCUT2D eigenvalue weighted by Crippen LogP contribution is -2.34. The van der Waals surface area contributed by atoms with Crippen molar-refractivity contribution >= 4 is 6.09 Å². The Hall–Kier alpha value is -2.42. The average molecular weight is 292 g/mol. The molecule has 0 aliphatic rings. The molecule has 6 nitrogen and oxygen atoms in total. The number of alkyl carbamates (subject to hydrolysis) is 1. The zero-order chi connectivity index (χ0) is 16.0. The molecule has 0 aliphatic carbocycles. The lowest BCUT2D eigenvalue weighted by atomic mass is 10.1. The molecule has 0 fully saturated rings. The third kappa shape index (κ3) is 4.88. The fraction of sp³-hybridized carbons (Fsp3) is 0.467. The van der Waals surface area contributed by atoms with Crippen LogP contribution in [0, 0.1) is 11.3 Å². The SMILES string of the molecule is COc1ccc(C(C#N)NC(=O)OC(C)(C)C)cc1OC. The Labute approximate surface area is 124 Å². The number of hydrogen-bond donors (Lipinski definition) is 1. The molecule has 114 valence electrons. The molecule has 0 saturated heterocycles. The standard InChI is InChI=1S/C15H20N2O4/c1-15(2,3)21-14(18)17-11(9-16)10-6-7-12(19-4)13(8-10)20-5/h6-8,11H,1-5H3,(H,17,18). The number of hydrogen-bond acceptors (Lipinski definition) is 5. The van der Waals surface area contributed by atoms with Gasteiger partial charge in [-0.25, -0.2) is 4.79 Å². The summed E-state index contributed by atoms with van der Waals surface area (Å²) in [5.41, 5.74) is -0.0391. The number of benzene rings is 1. The van der Waals surface area contributed by atoms with E-state index in [4.69, 9.17) is 14.2 Å². The number of nitrogens with zero attached hydrogens (tertiary/aromatic N) is 1. The zero-order valence-electron chi connectivity index (χ0n) is 12.9. The molecule has 1 unspecified atom stereocenters. The molecular formula is C15H20N2O4. The molecule has 0 spiro atoms. The first-order chi connectivity index (χ1) is 9.80. The van der Waals surface area contributed by atoms with Gasteiger partial charge in [0.15, 0.2) is 11.5 Å². The van der Waals surface area contributed by atoms with Crippen molar-refractivity contribution in [2.24, 2.45) is 0 Å². The topological polar surface area (TPSA) is 80.6 Å². The van der Waals surface area contributed by atoms with Crippen LogP contribution in [0.5, 0.6) is 11.5 Å². The van der Waals surface area contributed by atoms with E-state index < -0.39 is 17.7 Å². The molecular weight excluding hydrogens is 272 g/mol. The second-order valence-corrected chi connectivity index (χ2v) is 5.32. The van der Waals surface area contributed by atoms with Crippen LogP contribution in [0.3, 0.4) is 0 Å². The largest absolute Gasteiger partial charge is 0.493 e. The third-order valence-corrected chi connectivity index (χ3v) is 2.53. The summed E-state index contributed by atoms with van der Waals surface area (Å²) in [4.78, 5) is 11.7. The predicted octanol–water partition coefficient (Wildman–Crippen LogP) is 2.79. The van der Waals surface area contributed by atoms with Crippen LogP contribution in [-0.4, -0.2) is 25.9 Å². The molecule has 1 atom stereocenters. The Morgan fingerprint density at radius 2 is 1.86 bits per heavy atom. The number of nitriles is 1. The fourth-order valence-corrected chi connectivity index (χ4v) is 1.65. The van der Waals surface area contributed by atoms with Crippen LogP contribution in [0.1, 0.15) is 32.4 Å². The fourth-order valence-electron chi connectivity index (χ4n) is 1.65. The van der Waals surface area contributed by atoms with Crippen molar-refractivity contribution < 1.29 is 19.0 Å². The lowest BCUT2D eigenvalue weighted by Gasteiger charge is -2.21. The van der Waals surface area contributed by atoms with Gasteiger partial charge in [-0.05, 0) is 38.5 Å². The van der Waals surface area contributed by atoms with E-state index in [-0.39, 0.29) is 0 Å². The van der Waals surface area contributed by atoms with Crippen LogP contribution in [-0.2, 0) is 4.74 Å². The van der Waals surface area contributed by atoms with E-state index in [9.17, 15) is 10.1 Å². The molecule has 0 bridgehead atoms. The van der Waals surface area contributed by atoms with E-state index >= 15 is 0 Å². The van der Waals surface area contributed by atoms with Crippen molar-refractivity contribution in [2.45, 2.75) is 32.4 Å². The minimum atomic E-state index is -0.834. The molecule has 1 N–H and O–H groups in total. The summed E-state index contributed by atoms with van der Waals surface area (Å²) in [6.45, 7) is 5.26. The maximum absolute atomic E-state index is 11.7. The summed E-state index contributed by atoms with van der Waals surface area (Å²) in [7, 11) is 3.03. The second-order valence-electron chi connectivity index (χ2n) is 5.32. The van der Waals surface area contributed by atoms with Gasteiger partial charge in [0, 0.05) is 0 Å². The van der Waals surface area contributed by atoms with E-state index in [1.165, 1.54) is 14.2 Å². The summed E-state index contributed by atoms with van der Waals surface area (Å²) in [5, 5.41) is 11.7. The average Bonchev–Trinajstić information content (AvgIpc) is 2.42. The van der Waals surface area contributed by atoms with E-state index in [1.807, 2.05) is 6.07 Å². The maximum Gasteiger partial charge on any atom is 0.408 e. The van der Waals surface area contributed by atoms with Crippen molar-refractivity contribution in [3.8, 4) is 17.6 Å². The van der Waals surface area contributed by atoms with Gasteiger partial charge in [0.25, 0.3) is 0 Å². The zero-order valence-corrected chi connectivity index (χ0v) is 12.9. The molecule has 0 aliphatic heterocycles. The van der Waals surface area contributed by atoms with Gasteiger partial charge in [0.1, 0.15) is 11.6 Å². The second kappa shape index (κ2) is 6.84. The first-order valence-electron chi connectivity index (χ1n) is 6.41. The molecule has 1 amide bonds. The van der Waals surface area contributed by atoms with Gasteiger partial charge in [-0.3, -0.25) is 0 Å². The van der Waals surface area contributed by atoms with Gasteiger partial charge in [-0.15, -0.1) is 0 Å². The highest BCUT2D eigenvalue weighted by Crippen LogP contribution is 2.29. The van der Waals surface area contributed by atoms with Crippen LogP contribution in [0.4, 0.5) is 4.79 Å². The summed E-state index contributed by atoms with van der Waals surface area (Å²) in [6.07, 6.45) is -0.649. The maximum atomic E-state index is 11.7. The number of methoxy groups -OCH3 is 2. The van der Waals surface area contributed by atoms with Gasteiger partial charge in [-0.1, -0.05) is 6.07 Å². The smallest absolute Gasteiger partial charge is 0.408 e. The van der Waals surface area contributed by atoms with Gasteiger partial charge < -0.3 is 19.5 Å². The van der Waals surface area contributed by atoms with Crippen LogP contribution in [0.15, 0.2) is 18.2 Å². The molecule has 0 radical (unpaired) electrons. The number of amides is 1. The van der Waals surface area contributed by atoms with Gasteiger partial charge in [-0.2, -0.15) is 5.26 Å². The van der Waals surface area contributed by atoms with E-state index in [0.717, 1.165) is 0 Å².